The van der Waals surface area contributed by atoms with Crippen molar-refractivity contribution in [2.75, 3.05) is 19.8 Å². The van der Waals surface area contributed by atoms with E-state index < -0.39 is 66.5 Å². The highest BCUT2D eigenvalue weighted by molar-refractivity contribution is 6.31. The van der Waals surface area contributed by atoms with Crippen LogP contribution in [0.2, 0.25) is 10.0 Å². The molecule has 2 bridgehead atoms. The molecule has 0 heterocycles. The maximum absolute atomic E-state index is 13.7. The van der Waals surface area contributed by atoms with Crippen LogP contribution >= 0.6 is 23.2 Å². The molecule has 40 heavy (non-hydrogen) atoms. The minimum atomic E-state index is -4.50. The number of benzene rings is 2. The van der Waals surface area contributed by atoms with E-state index in [-0.39, 0.29) is 40.8 Å². The standard InChI is InChI=1S/C26H26Cl2F5N3O4/c27-17-3-1-15(9-19(17)29)39-12-22(37)35-24-5-7-25(8-6-24,21(11-24)34-14-26(31,32)33)36-23(38)13-40-16-2-4-18(28)20(30)10-16/h1-4,9-10,21,34H,5-8,11-14H2,(H,35,37)(H,36,38). The molecule has 3 saturated carbocycles. The van der Waals surface area contributed by atoms with Gasteiger partial charge in [-0.3, -0.25) is 9.59 Å². The van der Waals surface area contributed by atoms with E-state index in [1.165, 1.54) is 24.3 Å². The summed E-state index contributed by atoms with van der Waals surface area (Å²) in [5, 5.41) is 8.02. The van der Waals surface area contributed by atoms with Crippen LogP contribution < -0.4 is 25.4 Å². The first-order valence-corrected chi connectivity index (χ1v) is 13.1. The zero-order valence-corrected chi connectivity index (χ0v) is 22.5. The highest BCUT2D eigenvalue weighted by Crippen LogP contribution is 2.47. The molecule has 3 aliphatic carbocycles. The second kappa shape index (κ2) is 12.0. The molecule has 1 unspecified atom stereocenters. The topological polar surface area (TPSA) is 88.7 Å². The summed E-state index contributed by atoms with van der Waals surface area (Å²) in [6, 6.07) is 6.59. The Morgan fingerprint density at radius 1 is 0.850 bits per heavy atom. The van der Waals surface area contributed by atoms with Crippen LogP contribution in [0.15, 0.2) is 36.4 Å². The number of fused-ring (bicyclic) bond motifs is 3. The molecule has 0 aliphatic heterocycles. The number of hydrogen-bond donors (Lipinski definition) is 3. The summed E-state index contributed by atoms with van der Waals surface area (Å²) in [5.41, 5.74) is -1.83. The molecule has 3 aliphatic rings. The molecule has 1 atom stereocenters. The largest absolute Gasteiger partial charge is 0.484 e. The molecule has 2 aromatic rings. The predicted octanol–water partition coefficient (Wildman–Crippen LogP) is 4.94. The monoisotopic (exact) mass is 609 g/mol. The zero-order chi connectivity index (χ0) is 29.1. The Bertz CT molecular complexity index is 1260. The molecule has 3 N–H and O–H groups in total. The third-order valence-corrected chi connectivity index (χ3v) is 7.84. The molecule has 2 aromatic carbocycles. The average Bonchev–Trinajstić information content (AvgIpc) is 2.89. The Balaban J connectivity index is 1.39. The minimum Gasteiger partial charge on any atom is -0.484 e. The predicted molar refractivity (Wildman–Crippen MR) is 136 cm³/mol. The van der Waals surface area contributed by atoms with Gasteiger partial charge < -0.3 is 25.4 Å². The van der Waals surface area contributed by atoms with Gasteiger partial charge in [0, 0.05) is 23.7 Å². The fourth-order valence-electron chi connectivity index (χ4n) is 5.28. The molecule has 0 aromatic heterocycles. The van der Waals surface area contributed by atoms with Gasteiger partial charge in [0.05, 0.1) is 22.1 Å². The van der Waals surface area contributed by atoms with E-state index in [4.69, 9.17) is 32.7 Å². The lowest BCUT2D eigenvalue weighted by molar-refractivity contribution is -0.137. The number of ether oxygens (including phenoxy) is 2. The van der Waals surface area contributed by atoms with Crippen molar-refractivity contribution in [3.63, 3.8) is 0 Å². The quantitative estimate of drug-likeness (QED) is 0.332. The van der Waals surface area contributed by atoms with Gasteiger partial charge in [-0.25, -0.2) is 8.78 Å². The maximum atomic E-state index is 13.7. The fraction of sp³-hybridized carbons (Fsp3) is 0.462. The van der Waals surface area contributed by atoms with Gasteiger partial charge in [-0.05, 0) is 56.4 Å². The van der Waals surface area contributed by atoms with Crippen molar-refractivity contribution >= 4 is 35.0 Å². The highest BCUT2D eigenvalue weighted by Gasteiger charge is 2.56. The van der Waals surface area contributed by atoms with Gasteiger partial charge >= 0.3 is 6.18 Å². The third kappa shape index (κ3) is 7.46. The highest BCUT2D eigenvalue weighted by atomic mass is 35.5. The van der Waals surface area contributed by atoms with Crippen LogP contribution in [0.4, 0.5) is 22.0 Å². The average molecular weight is 610 g/mol. The summed E-state index contributed by atoms with van der Waals surface area (Å²) >= 11 is 11.3. The van der Waals surface area contributed by atoms with Gasteiger partial charge in [-0.1, -0.05) is 23.2 Å². The van der Waals surface area contributed by atoms with E-state index in [9.17, 15) is 31.5 Å². The normalized spacial score (nSPS) is 23.9. The van der Waals surface area contributed by atoms with E-state index in [2.05, 4.69) is 16.0 Å². The minimum absolute atomic E-state index is 0.0684. The van der Waals surface area contributed by atoms with Crippen LogP contribution in [0.3, 0.4) is 0 Å². The lowest BCUT2D eigenvalue weighted by atomic mass is 9.58. The van der Waals surface area contributed by atoms with E-state index in [1.54, 1.807) is 0 Å². The van der Waals surface area contributed by atoms with E-state index in [0.717, 1.165) is 12.1 Å². The number of hydrogen-bond acceptors (Lipinski definition) is 5. The van der Waals surface area contributed by atoms with Gasteiger partial charge in [0.2, 0.25) is 0 Å². The number of halogens is 7. The zero-order valence-electron chi connectivity index (χ0n) is 21.0. The molecule has 0 radical (unpaired) electrons. The third-order valence-electron chi connectivity index (χ3n) is 7.23. The van der Waals surface area contributed by atoms with Gasteiger partial charge in [0.25, 0.3) is 11.8 Å². The Labute approximate surface area is 236 Å². The first-order valence-electron chi connectivity index (χ1n) is 12.4. The molecule has 0 spiro atoms. The number of carbonyl (C=O) groups excluding carboxylic acids is 2. The number of nitrogens with one attached hydrogen (secondary N) is 3. The first kappa shape index (κ1) is 30.1. The lowest BCUT2D eigenvalue weighted by Crippen LogP contribution is -2.74. The number of amides is 2. The van der Waals surface area contributed by atoms with Gasteiger partial charge in [-0.15, -0.1) is 0 Å². The molecule has 218 valence electrons. The number of alkyl halides is 3. The van der Waals surface area contributed by atoms with Crippen molar-refractivity contribution in [1.82, 2.24) is 16.0 Å². The maximum Gasteiger partial charge on any atom is 0.401 e. The Hall–Kier alpha value is -2.83. The Kier molecular flexibility index (Phi) is 9.01. The summed E-state index contributed by atoms with van der Waals surface area (Å²) in [4.78, 5) is 25.4. The molecule has 2 amide bonds. The summed E-state index contributed by atoms with van der Waals surface area (Å²) in [6.07, 6.45) is -3.03. The van der Waals surface area contributed by atoms with Gasteiger partial charge in [-0.2, -0.15) is 13.2 Å². The van der Waals surface area contributed by atoms with Crippen molar-refractivity contribution < 1.29 is 41.0 Å². The van der Waals surface area contributed by atoms with Crippen molar-refractivity contribution in [1.29, 1.82) is 0 Å². The summed E-state index contributed by atoms with van der Waals surface area (Å²) in [5.74, 6) is -2.38. The summed E-state index contributed by atoms with van der Waals surface area (Å²) < 4.78 is 77.3. The second-order valence-corrected chi connectivity index (χ2v) is 10.8. The van der Waals surface area contributed by atoms with Crippen LogP contribution in [0.1, 0.15) is 32.1 Å². The molecule has 7 nitrogen and oxygen atoms in total. The van der Waals surface area contributed by atoms with Gasteiger partial charge in [0.1, 0.15) is 23.1 Å². The van der Waals surface area contributed by atoms with Crippen molar-refractivity contribution in [2.45, 2.75) is 55.4 Å². The first-order chi connectivity index (χ1) is 18.8. The SMILES string of the molecule is O=C(COc1ccc(Cl)c(F)c1)NC12CCC(NC(=O)COc3ccc(Cl)c(F)c3)(CC1)C(NCC(F)(F)F)C2. The van der Waals surface area contributed by atoms with E-state index in [0.29, 0.717) is 12.8 Å². The molecule has 14 heteroatoms. The number of carbonyl (C=O) groups is 2. The van der Waals surface area contributed by atoms with Crippen molar-refractivity contribution in [3.8, 4) is 11.5 Å². The van der Waals surface area contributed by atoms with Crippen LogP contribution in [-0.4, -0.2) is 54.9 Å². The summed E-state index contributed by atoms with van der Waals surface area (Å²) in [6.45, 7) is -2.21. The molecule has 0 saturated heterocycles. The molecule has 3 fully saturated rings. The molecule has 5 rings (SSSR count). The van der Waals surface area contributed by atoms with Crippen LogP contribution in [0, 0.1) is 11.6 Å². The fourth-order valence-corrected chi connectivity index (χ4v) is 5.52. The van der Waals surface area contributed by atoms with Crippen LogP contribution in [-0.2, 0) is 9.59 Å². The molecular weight excluding hydrogens is 584 g/mol. The van der Waals surface area contributed by atoms with E-state index in [1.807, 2.05) is 0 Å². The summed E-state index contributed by atoms with van der Waals surface area (Å²) in [7, 11) is 0. The van der Waals surface area contributed by atoms with Crippen molar-refractivity contribution in [2.24, 2.45) is 0 Å². The van der Waals surface area contributed by atoms with Crippen LogP contribution in [0.25, 0.3) is 0 Å². The van der Waals surface area contributed by atoms with Crippen LogP contribution in [0.5, 0.6) is 11.5 Å². The number of rotatable bonds is 10. The van der Waals surface area contributed by atoms with E-state index >= 15 is 0 Å². The molecular formula is C26H26Cl2F5N3O4. The van der Waals surface area contributed by atoms with Crippen molar-refractivity contribution in [3.05, 3.63) is 58.1 Å². The Morgan fingerprint density at radius 2 is 1.35 bits per heavy atom. The smallest absolute Gasteiger partial charge is 0.401 e. The van der Waals surface area contributed by atoms with Gasteiger partial charge in [0.15, 0.2) is 13.2 Å². The lowest BCUT2D eigenvalue weighted by Gasteiger charge is -2.58. The second-order valence-electron chi connectivity index (χ2n) is 10.0. The Morgan fingerprint density at radius 3 is 1.82 bits per heavy atom.